The maximum atomic E-state index is 13.2. The highest BCUT2D eigenvalue weighted by atomic mass is 35.5. The molecule has 0 unspecified atom stereocenters. The third kappa shape index (κ3) is 3.77. The number of ether oxygens (including phenoxy) is 1. The van der Waals surface area contributed by atoms with Crippen LogP contribution in [-0.4, -0.2) is 35.5 Å². The summed E-state index contributed by atoms with van der Waals surface area (Å²) < 4.78 is 44.8. The van der Waals surface area contributed by atoms with Crippen molar-refractivity contribution in [1.29, 1.82) is 0 Å². The van der Waals surface area contributed by atoms with Gasteiger partial charge in [0.1, 0.15) is 5.75 Å². The molecule has 0 saturated heterocycles. The molecule has 7 nitrogen and oxygen atoms in total. The number of anilines is 1. The van der Waals surface area contributed by atoms with Crippen molar-refractivity contribution in [3.05, 3.63) is 64.1 Å². The molecule has 0 fully saturated rings. The number of hydrazine groups is 2. The number of hydrogen-bond donors (Lipinski definition) is 2. The third-order valence-corrected chi connectivity index (χ3v) is 5.74. The smallest absolute Gasteiger partial charge is 0.417 e. The van der Waals surface area contributed by atoms with Gasteiger partial charge in [0, 0.05) is 25.2 Å². The SMILES string of the molecule is COc1ccnc(N2NNC3=C2CCN(C(=O)c2cccc(C(F)(F)F)c2Cl)[C@H]3C)c1. The average molecular weight is 454 g/mol. The first kappa shape index (κ1) is 21.3. The van der Waals surface area contributed by atoms with E-state index in [0.717, 1.165) is 17.5 Å². The van der Waals surface area contributed by atoms with Crippen LogP contribution in [0.15, 0.2) is 47.9 Å². The van der Waals surface area contributed by atoms with Gasteiger partial charge in [0.25, 0.3) is 5.91 Å². The Morgan fingerprint density at radius 3 is 2.81 bits per heavy atom. The summed E-state index contributed by atoms with van der Waals surface area (Å²) in [6.07, 6.45) is -2.56. The van der Waals surface area contributed by atoms with Crippen LogP contribution in [-0.2, 0) is 6.18 Å². The van der Waals surface area contributed by atoms with Crippen LogP contribution in [0.4, 0.5) is 19.0 Å². The number of carbonyl (C=O) groups excluding carboxylic acids is 1. The van der Waals surface area contributed by atoms with Crippen molar-refractivity contribution in [1.82, 2.24) is 20.8 Å². The van der Waals surface area contributed by atoms with E-state index in [2.05, 4.69) is 15.9 Å². The number of nitrogens with one attached hydrogen (secondary N) is 2. The van der Waals surface area contributed by atoms with Crippen molar-refractivity contribution < 1.29 is 22.7 Å². The molecule has 0 saturated carbocycles. The fourth-order valence-corrected chi connectivity index (χ4v) is 4.05. The fourth-order valence-electron chi connectivity index (χ4n) is 3.74. The Balaban J connectivity index is 1.61. The minimum absolute atomic E-state index is 0.176. The molecule has 0 bridgehead atoms. The lowest BCUT2D eigenvalue weighted by Crippen LogP contribution is -2.46. The molecule has 2 aliphatic rings. The second-order valence-corrected chi connectivity index (χ2v) is 7.45. The molecule has 3 heterocycles. The molecular formula is C20H19ClF3N5O2. The molecule has 2 N–H and O–H groups in total. The van der Waals surface area contributed by atoms with E-state index in [-0.39, 0.29) is 5.56 Å². The zero-order chi connectivity index (χ0) is 22.3. The lowest BCUT2D eigenvalue weighted by molar-refractivity contribution is -0.137. The van der Waals surface area contributed by atoms with Crippen LogP contribution in [0.1, 0.15) is 29.3 Å². The maximum Gasteiger partial charge on any atom is 0.417 e. The molecular weight excluding hydrogens is 435 g/mol. The Labute approximate surface area is 181 Å². The molecule has 1 aromatic carbocycles. The van der Waals surface area contributed by atoms with E-state index in [0.29, 0.717) is 24.5 Å². The van der Waals surface area contributed by atoms with Gasteiger partial charge in [0.15, 0.2) is 5.82 Å². The van der Waals surface area contributed by atoms with Gasteiger partial charge in [-0.25, -0.2) is 9.99 Å². The normalized spacial score (nSPS) is 18.7. The minimum atomic E-state index is -4.64. The van der Waals surface area contributed by atoms with Crippen LogP contribution in [0, 0.1) is 0 Å². The molecule has 11 heteroatoms. The van der Waals surface area contributed by atoms with E-state index >= 15 is 0 Å². The van der Waals surface area contributed by atoms with Crippen LogP contribution >= 0.6 is 11.6 Å². The number of alkyl halides is 3. The lowest BCUT2D eigenvalue weighted by atomic mass is 10.0. The van der Waals surface area contributed by atoms with Gasteiger partial charge in [0.2, 0.25) is 0 Å². The van der Waals surface area contributed by atoms with E-state index < -0.39 is 28.7 Å². The highest BCUT2D eigenvalue weighted by Crippen LogP contribution is 2.38. The quantitative estimate of drug-likeness (QED) is 0.738. The zero-order valence-electron chi connectivity index (χ0n) is 16.6. The highest BCUT2D eigenvalue weighted by molar-refractivity contribution is 6.34. The van der Waals surface area contributed by atoms with Crippen molar-refractivity contribution in [2.75, 3.05) is 18.7 Å². The van der Waals surface area contributed by atoms with Crippen LogP contribution in [0.5, 0.6) is 5.75 Å². The minimum Gasteiger partial charge on any atom is -0.497 e. The van der Waals surface area contributed by atoms with Crippen LogP contribution < -0.4 is 20.7 Å². The molecule has 0 spiro atoms. The van der Waals surface area contributed by atoms with Gasteiger partial charge in [-0.2, -0.15) is 13.2 Å². The number of benzene rings is 1. The van der Waals surface area contributed by atoms with Crippen molar-refractivity contribution in [3.8, 4) is 5.75 Å². The molecule has 164 valence electrons. The van der Waals surface area contributed by atoms with Gasteiger partial charge in [-0.05, 0) is 25.1 Å². The zero-order valence-corrected chi connectivity index (χ0v) is 17.4. The number of carbonyl (C=O) groups is 1. The Bertz CT molecular complexity index is 1060. The number of amides is 1. The van der Waals surface area contributed by atoms with Gasteiger partial charge in [-0.3, -0.25) is 4.79 Å². The first-order chi connectivity index (χ1) is 14.7. The Hall–Kier alpha value is -2.98. The average Bonchev–Trinajstić information content (AvgIpc) is 3.18. The van der Waals surface area contributed by atoms with E-state index in [9.17, 15) is 18.0 Å². The Kier molecular flexibility index (Phi) is 5.44. The van der Waals surface area contributed by atoms with Crippen molar-refractivity contribution >= 4 is 23.3 Å². The summed E-state index contributed by atoms with van der Waals surface area (Å²) in [6, 6.07) is 6.42. The second-order valence-electron chi connectivity index (χ2n) is 7.08. The Morgan fingerprint density at radius 2 is 2.10 bits per heavy atom. The van der Waals surface area contributed by atoms with E-state index in [1.54, 1.807) is 37.4 Å². The molecule has 31 heavy (non-hydrogen) atoms. The summed E-state index contributed by atoms with van der Waals surface area (Å²) in [5.74, 6) is 0.681. The Morgan fingerprint density at radius 1 is 1.32 bits per heavy atom. The number of halogens is 4. The van der Waals surface area contributed by atoms with Crippen molar-refractivity contribution in [2.45, 2.75) is 25.6 Å². The van der Waals surface area contributed by atoms with Gasteiger partial charge in [-0.1, -0.05) is 17.7 Å². The van der Waals surface area contributed by atoms with Crippen LogP contribution in [0.25, 0.3) is 0 Å². The predicted octanol–water partition coefficient (Wildman–Crippen LogP) is 3.74. The second kappa shape index (κ2) is 7.93. The van der Waals surface area contributed by atoms with Crippen molar-refractivity contribution in [3.63, 3.8) is 0 Å². The van der Waals surface area contributed by atoms with E-state index in [1.807, 2.05) is 0 Å². The topological polar surface area (TPSA) is 69.7 Å². The standard InChI is InChI=1S/C20H19ClF3N5O2/c1-11-18-15(29(27-26-18)16-10-12(31-2)6-8-25-16)7-9-28(11)19(30)13-4-3-5-14(17(13)21)20(22,23)24/h3-6,8,10-11,26-27H,7,9H2,1-2H3/t11-/m0/s1. The van der Waals surface area contributed by atoms with Crippen LogP contribution in [0.3, 0.4) is 0 Å². The number of methoxy groups -OCH3 is 1. The highest BCUT2D eigenvalue weighted by Gasteiger charge is 2.39. The summed E-state index contributed by atoms with van der Waals surface area (Å²) in [5, 5.41) is 1.17. The number of rotatable bonds is 3. The summed E-state index contributed by atoms with van der Waals surface area (Å²) in [5.41, 5.74) is 6.47. The monoisotopic (exact) mass is 453 g/mol. The summed E-state index contributed by atoms with van der Waals surface area (Å²) in [6.45, 7) is 2.10. The van der Waals surface area contributed by atoms with Gasteiger partial charge in [-0.15, -0.1) is 5.53 Å². The summed E-state index contributed by atoms with van der Waals surface area (Å²) in [4.78, 5) is 18.9. The maximum absolute atomic E-state index is 13.2. The van der Waals surface area contributed by atoms with Gasteiger partial charge < -0.3 is 15.1 Å². The molecule has 2 aliphatic heterocycles. The molecule has 1 aromatic heterocycles. The number of aromatic nitrogens is 1. The molecule has 2 aromatic rings. The van der Waals surface area contributed by atoms with Gasteiger partial charge >= 0.3 is 6.18 Å². The van der Waals surface area contributed by atoms with Crippen LogP contribution in [0.2, 0.25) is 5.02 Å². The molecule has 0 aliphatic carbocycles. The fraction of sp³-hybridized carbons (Fsp3) is 0.300. The number of hydrogen-bond acceptors (Lipinski definition) is 6. The molecule has 0 radical (unpaired) electrons. The van der Waals surface area contributed by atoms with Gasteiger partial charge in [0.05, 0.1) is 40.7 Å². The van der Waals surface area contributed by atoms with E-state index in [1.165, 1.54) is 17.0 Å². The third-order valence-electron chi connectivity index (χ3n) is 5.34. The van der Waals surface area contributed by atoms with Crippen molar-refractivity contribution in [2.24, 2.45) is 0 Å². The molecule has 4 rings (SSSR count). The molecule has 1 atom stereocenters. The first-order valence-electron chi connectivity index (χ1n) is 9.44. The number of pyridine rings is 1. The first-order valence-corrected chi connectivity index (χ1v) is 9.81. The molecule has 1 amide bonds. The van der Waals surface area contributed by atoms with E-state index in [4.69, 9.17) is 16.3 Å². The number of nitrogens with zero attached hydrogens (tertiary/aromatic N) is 3. The summed E-state index contributed by atoms with van der Waals surface area (Å²) >= 11 is 5.96. The largest absolute Gasteiger partial charge is 0.497 e. The summed E-state index contributed by atoms with van der Waals surface area (Å²) in [7, 11) is 1.56. The predicted molar refractivity (Wildman–Crippen MR) is 108 cm³/mol. The lowest BCUT2D eigenvalue weighted by Gasteiger charge is -2.35.